The molecule has 15 heavy (non-hydrogen) atoms. The monoisotopic (exact) mass is 212 g/mol. The van der Waals surface area contributed by atoms with Gasteiger partial charge in [0.25, 0.3) is 0 Å². The molecule has 0 heterocycles. The number of hydrogen-bond donors (Lipinski definition) is 0. The number of carbonyl (C=O) groups excluding carboxylic acids is 1. The molecule has 0 unspecified atom stereocenters. The van der Waals surface area contributed by atoms with Crippen LogP contribution in [0.1, 0.15) is 58.8 Å². The first-order valence-corrected chi connectivity index (χ1v) is 5.96. The summed E-state index contributed by atoms with van der Waals surface area (Å²) in [7, 11) is 0. The summed E-state index contributed by atoms with van der Waals surface area (Å²) in [6.07, 6.45) is 7.19. The van der Waals surface area contributed by atoms with Crippen LogP contribution in [0.25, 0.3) is 0 Å². The molecule has 0 N–H and O–H groups in total. The highest BCUT2D eigenvalue weighted by molar-refractivity contribution is 5.69. The van der Waals surface area contributed by atoms with Gasteiger partial charge in [0.2, 0.25) is 0 Å². The summed E-state index contributed by atoms with van der Waals surface area (Å²) in [6.45, 7) is 8.38. The van der Waals surface area contributed by atoms with E-state index in [1.165, 1.54) is 19.3 Å². The molecule has 0 saturated heterocycles. The summed E-state index contributed by atoms with van der Waals surface area (Å²) in [4.78, 5) is 11.2. The number of carbonyl (C=O) groups is 1. The first-order chi connectivity index (χ1) is 7.16. The number of unbranched alkanes of at least 4 members (excludes halogenated alkanes) is 4. The Hall–Kier alpha value is -0.790. The number of esters is 1. The van der Waals surface area contributed by atoms with E-state index >= 15 is 0 Å². The van der Waals surface area contributed by atoms with Crippen LogP contribution in [-0.2, 0) is 9.53 Å². The van der Waals surface area contributed by atoms with Crippen LogP contribution in [-0.4, -0.2) is 12.6 Å². The van der Waals surface area contributed by atoms with E-state index < -0.39 is 0 Å². The van der Waals surface area contributed by atoms with Crippen LogP contribution >= 0.6 is 0 Å². The van der Waals surface area contributed by atoms with Crippen molar-refractivity contribution in [3.05, 3.63) is 12.2 Å². The van der Waals surface area contributed by atoms with Crippen molar-refractivity contribution in [3.8, 4) is 0 Å². The summed E-state index contributed by atoms with van der Waals surface area (Å²) >= 11 is 0. The Morgan fingerprint density at radius 1 is 1.13 bits per heavy atom. The Kier molecular flexibility index (Phi) is 9.24. The smallest absolute Gasteiger partial charge is 0.305 e. The number of hydrogen-bond acceptors (Lipinski definition) is 2. The van der Waals surface area contributed by atoms with E-state index in [1.54, 1.807) is 0 Å². The molecule has 0 aromatic rings. The lowest BCUT2D eigenvalue weighted by Crippen LogP contribution is -2.05. The lowest BCUT2D eigenvalue weighted by molar-refractivity contribution is -0.143. The van der Waals surface area contributed by atoms with Crippen molar-refractivity contribution < 1.29 is 9.53 Å². The van der Waals surface area contributed by atoms with Gasteiger partial charge in [0, 0.05) is 12.8 Å². The first kappa shape index (κ1) is 14.2. The highest BCUT2D eigenvalue weighted by Crippen LogP contribution is 2.06. The Morgan fingerprint density at radius 3 is 2.40 bits per heavy atom. The van der Waals surface area contributed by atoms with Crippen molar-refractivity contribution in [3.63, 3.8) is 0 Å². The fourth-order valence-corrected chi connectivity index (χ4v) is 1.28. The summed E-state index contributed by atoms with van der Waals surface area (Å²) in [5.74, 6) is -0.0623. The highest BCUT2D eigenvalue weighted by Gasteiger charge is 2.01. The van der Waals surface area contributed by atoms with Gasteiger partial charge in [-0.2, -0.15) is 0 Å². The van der Waals surface area contributed by atoms with Gasteiger partial charge < -0.3 is 4.74 Å². The van der Waals surface area contributed by atoms with Gasteiger partial charge in [-0.25, -0.2) is 0 Å². The Labute approximate surface area is 93.7 Å². The number of rotatable bonds is 9. The molecule has 0 aliphatic rings. The topological polar surface area (TPSA) is 26.3 Å². The predicted octanol–water partition coefficient (Wildman–Crippen LogP) is 3.86. The van der Waals surface area contributed by atoms with Crippen molar-refractivity contribution in [1.29, 1.82) is 0 Å². The van der Waals surface area contributed by atoms with Crippen LogP contribution in [0.2, 0.25) is 0 Å². The zero-order chi connectivity index (χ0) is 11.5. The second-order valence-corrected chi connectivity index (χ2v) is 4.09. The largest absolute Gasteiger partial charge is 0.465 e. The molecule has 0 spiro atoms. The summed E-state index contributed by atoms with van der Waals surface area (Å²) in [5.41, 5.74) is 1.06. The van der Waals surface area contributed by atoms with Crippen LogP contribution < -0.4 is 0 Å². The lowest BCUT2D eigenvalue weighted by atomic mass is 10.1. The Balaban J connectivity index is 3.22. The fourth-order valence-electron chi connectivity index (χ4n) is 1.28. The van der Waals surface area contributed by atoms with E-state index in [1.807, 2.05) is 6.92 Å². The zero-order valence-corrected chi connectivity index (χ0v) is 10.2. The third-order valence-electron chi connectivity index (χ3n) is 2.28. The fraction of sp³-hybridized carbons (Fsp3) is 0.769. The van der Waals surface area contributed by atoms with Crippen molar-refractivity contribution in [1.82, 2.24) is 0 Å². The molecule has 0 rings (SSSR count). The molecule has 0 atom stereocenters. The molecular weight excluding hydrogens is 188 g/mol. The quantitative estimate of drug-likeness (QED) is 0.329. The molecule has 0 fully saturated rings. The molecular formula is C13H24O2. The minimum Gasteiger partial charge on any atom is -0.465 e. The van der Waals surface area contributed by atoms with Gasteiger partial charge in [-0.05, 0) is 13.3 Å². The molecule has 0 radical (unpaired) electrons. The van der Waals surface area contributed by atoms with Gasteiger partial charge in [-0.1, -0.05) is 38.2 Å². The van der Waals surface area contributed by atoms with Gasteiger partial charge in [0.05, 0.1) is 6.61 Å². The molecule has 0 amide bonds. The van der Waals surface area contributed by atoms with E-state index in [9.17, 15) is 4.79 Å². The molecule has 88 valence electrons. The standard InChI is InChI=1S/C13H24O2/c1-4-5-6-7-8-9-13(14)15-11-10-12(2)3/h2,4-11H2,1,3H3. The maximum Gasteiger partial charge on any atom is 0.305 e. The average Bonchev–Trinajstić information content (AvgIpc) is 2.17. The van der Waals surface area contributed by atoms with Crippen molar-refractivity contribution >= 4 is 5.97 Å². The van der Waals surface area contributed by atoms with E-state index in [-0.39, 0.29) is 5.97 Å². The molecule has 2 nitrogen and oxygen atoms in total. The van der Waals surface area contributed by atoms with Crippen LogP contribution in [0, 0.1) is 0 Å². The number of ether oxygens (including phenoxy) is 1. The molecule has 0 aliphatic carbocycles. The first-order valence-electron chi connectivity index (χ1n) is 5.96. The molecule has 0 aromatic heterocycles. The average molecular weight is 212 g/mol. The minimum absolute atomic E-state index is 0.0623. The summed E-state index contributed by atoms with van der Waals surface area (Å²) in [5, 5.41) is 0. The van der Waals surface area contributed by atoms with E-state index in [0.717, 1.165) is 24.8 Å². The molecule has 0 bridgehead atoms. The van der Waals surface area contributed by atoms with E-state index in [4.69, 9.17) is 4.74 Å². The Morgan fingerprint density at radius 2 is 1.80 bits per heavy atom. The highest BCUT2D eigenvalue weighted by atomic mass is 16.5. The van der Waals surface area contributed by atoms with Gasteiger partial charge in [0.1, 0.15) is 0 Å². The van der Waals surface area contributed by atoms with Crippen LogP contribution in [0.5, 0.6) is 0 Å². The summed E-state index contributed by atoms with van der Waals surface area (Å²) in [6, 6.07) is 0. The van der Waals surface area contributed by atoms with Crippen LogP contribution in [0.4, 0.5) is 0 Å². The SMILES string of the molecule is C=C(C)CCOC(=O)CCCCCCC. The van der Waals surface area contributed by atoms with Gasteiger partial charge >= 0.3 is 5.97 Å². The predicted molar refractivity (Wildman–Crippen MR) is 63.8 cm³/mol. The van der Waals surface area contributed by atoms with Gasteiger partial charge in [-0.15, -0.1) is 6.58 Å². The third kappa shape index (κ3) is 11.1. The maximum atomic E-state index is 11.2. The zero-order valence-electron chi connectivity index (χ0n) is 10.2. The normalized spacial score (nSPS) is 10.0. The second-order valence-electron chi connectivity index (χ2n) is 4.09. The molecule has 0 aliphatic heterocycles. The van der Waals surface area contributed by atoms with Crippen LogP contribution in [0.15, 0.2) is 12.2 Å². The lowest BCUT2D eigenvalue weighted by Gasteiger charge is -2.04. The second kappa shape index (κ2) is 9.75. The molecule has 0 saturated carbocycles. The van der Waals surface area contributed by atoms with Gasteiger partial charge in [0.15, 0.2) is 0 Å². The van der Waals surface area contributed by atoms with Crippen molar-refractivity contribution in [2.45, 2.75) is 58.8 Å². The summed E-state index contributed by atoms with van der Waals surface area (Å²) < 4.78 is 5.06. The third-order valence-corrected chi connectivity index (χ3v) is 2.28. The van der Waals surface area contributed by atoms with Crippen molar-refractivity contribution in [2.24, 2.45) is 0 Å². The van der Waals surface area contributed by atoms with Crippen molar-refractivity contribution in [2.75, 3.05) is 6.61 Å². The van der Waals surface area contributed by atoms with E-state index in [0.29, 0.717) is 13.0 Å². The van der Waals surface area contributed by atoms with Crippen LogP contribution in [0.3, 0.4) is 0 Å². The molecule has 0 aromatic carbocycles. The minimum atomic E-state index is -0.0623. The molecule has 2 heteroatoms. The maximum absolute atomic E-state index is 11.2. The Bertz CT molecular complexity index is 185. The van der Waals surface area contributed by atoms with Gasteiger partial charge in [-0.3, -0.25) is 4.79 Å². The van der Waals surface area contributed by atoms with E-state index in [2.05, 4.69) is 13.5 Å².